The second-order valence-electron chi connectivity index (χ2n) is 5.70. The molecule has 3 radical (unpaired) electrons. The molecule has 0 spiro atoms. The molecule has 0 fully saturated rings. The van der Waals surface area contributed by atoms with Crippen LogP contribution in [-0.4, -0.2) is 25.2 Å². The first-order valence-electron chi connectivity index (χ1n) is 6.29. The van der Waals surface area contributed by atoms with E-state index in [9.17, 15) is 0 Å². The Balaban J connectivity index is 4.11. The van der Waals surface area contributed by atoms with Crippen LogP contribution in [0.15, 0.2) is 0 Å². The van der Waals surface area contributed by atoms with Gasteiger partial charge in [0.1, 0.15) is 0 Å². The van der Waals surface area contributed by atoms with Crippen molar-refractivity contribution in [1.29, 1.82) is 0 Å². The topological polar surface area (TPSA) is 0 Å². The summed E-state index contributed by atoms with van der Waals surface area (Å²) in [5, 5.41) is 0. The van der Waals surface area contributed by atoms with E-state index < -0.39 is 0 Å². The Kier molecular flexibility index (Phi) is 7.38. The minimum Gasteiger partial charge on any atom is -0.0736 e. The van der Waals surface area contributed by atoms with Crippen molar-refractivity contribution in [3.05, 3.63) is 0 Å². The zero-order chi connectivity index (χ0) is 12.2. The fourth-order valence-corrected chi connectivity index (χ4v) is 22.3. The van der Waals surface area contributed by atoms with Crippen molar-refractivity contribution in [2.75, 3.05) is 0 Å². The van der Waals surface area contributed by atoms with E-state index in [1.807, 2.05) is 0 Å². The third-order valence-electron chi connectivity index (χ3n) is 3.89. The molecule has 15 heavy (non-hydrogen) atoms. The van der Waals surface area contributed by atoms with Crippen molar-refractivity contribution < 1.29 is 0 Å². The van der Waals surface area contributed by atoms with Crippen LogP contribution in [0.1, 0.15) is 41.5 Å². The highest BCUT2D eigenvalue weighted by molar-refractivity contribution is 7.41. The summed E-state index contributed by atoms with van der Waals surface area (Å²) in [6.07, 6.45) is 0. The molecule has 0 aromatic rings. The first-order valence-corrected chi connectivity index (χ1v) is 14.1. The highest BCUT2D eigenvalue weighted by Crippen LogP contribution is 2.24. The van der Waals surface area contributed by atoms with Gasteiger partial charge in [0.2, 0.25) is 0 Å². The van der Waals surface area contributed by atoms with Crippen LogP contribution >= 0.6 is 0 Å². The van der Waals surface area contributed by atoms with Crippen LogP contribution in [0.3, 0.4) is 0 Å². The van der Waals surface area contributed by atoms with Crippen LogP contribution in [0.5, 0.6) is 0 Å². The molecule has 0 rings (SSSR count). The van der Waals surface area contributed by atoms with Crippen LogP contribution < -0.4 is 0 Å². The summed E-state index contributed by atoms with van der Waals surface area (Å²) >= 11 is 0. The second-order valence-corrected chi connectivity index (χ2v) is 19.7. The quantitative estimate of drug-likeness (QED) is 0.636. The van der Waals surface area contributed by atoms with Crippen LogP contribution in [0.4, 0.5) is 0 Å². The fraction of sp³-hybridized carbons (Fsp3) is 1.00. The maximum Gasteiger partial charge on any atom is 0.0303 e. The lowest BCUT2D eigenvalue weighted by molar-refractivity contribution is 0.615. The molecule has 0 aliphatic rings. The lowest BCUT2D eigenvalue weighted by Crippen LogP contribution is -2.39. The average Bonchev–Trinajstić information content (AvgIpc) is 2.14. The number of hydrogen-bond acceptors (Lipinski definition) is 0. The summed E-state index contributed by atoms with van der Waals surface area (Å²) in [5.74, 6) is 1.81. The average molecular weight is 258 g/mol. The summed E-state index contributed by atoms with van der Waals surface area (Å²) in [6.45, 7) is 19.7. The van der Waals surface area contributed by atoms with Gasteiger partial charge in [0.25, 0.3) is 0 Å². The Bertz CT molecular complexity index is 150. The van der Waals surface area contributed by atoms with Gasteiger partial charge in [0, 0.05) is 25.2 Å². The summed E-state index contributed by atoms with van der Waals surface area (Å²) in [6, 6.07) is 0. The first kappa shape index (κ1) is 15.7. The van der Waals surface area contributed by atoms with Gasteiger partial charge in [0.15, 0.2) is 0 Å². The molecule has 0 nitrogen and oxygen atoms in total. The van der Waals surface area contributed by atoms with Crippen LogP contribution in [0, 0.1) is 11.8 Å². The molecule has 0 aliphatic carbocycles. The maximum atomic E-state index is 2.59. The molecule has 0 amide bonds. The predicted octanol–water partition coefficient (Wildman–Crippen LogP) is 3.76. The van der Waals surface area contributed by atoms with E-state index in [0.717, 1.165) is 31.5 Å². The SMILES string of the molecule is CC(C)C(C)[Si](C)[SiH][Si](C)C(C)C(C)C. The predicted molar refractivity (Wildman–Crippen MR) is 78.9 cm³/mol. The zero-order valence-electron chi connectivity index (χ0n) is 11.9. The molecule has 0 bridgehead atoms. The Labute approximate surface area is 103 Å². The smallest absolute Gasteiger partial charge is 0.0303 e. The molecule has 2 unspecified atom stereocenters. The van der Waals surface area contributed by atoms with Crippen molar-refractivity contribution in [3.63, 3.8) is 0 Å². The Morgan fingerprint density at radius 3 is 1.13 bits per heavy atom. The van der Waals surface area contributed by atoms with Gasteiger partial charge in [-0.1, -0.05) is 65.7 Å². The summed E-state index contributed by atoms with van der Waals surface area (Å²) in [4.78, 5) is 0. The van der Waals surface area contributed by atoms with Gasteiger partial charge in [-0.05, 0) is 11.8 Å². The van der Waals surface area contributed by atoms with Gasteiger partial charge in [-0.25, -0.2) is 0 Å². The molecule has 0 N–H and O–H groups in total. The summed E-state index contributed by atoms with van der Waals surface area (Å²) in [5.41, 5.74) is 2.04. The minimum absolute atomic E-state index is 0.0150. The van der Waals surface area contributed by atoms with Gasteiger partial charge in [-0.2, -0.15) is 0 Å². The van der Waals surface area contributed by atoms with Crippen molar-refractivity contribution >= 4 is 25.2 Å². The van der Waals surface area contributed by atoms with E-state index in [1.54, 1.807) is 0 Å². The van der Waals surface area contributed by atoms with E-state index in [4.69, 9.17) is 0 Å². The van der Waals surface area contributed by atoms with Gasteiger partial charge in [0.05, 0.1) is 0 Å². The molecular formula is C12H29Si3. The summed E-state index contributed by atoms with van der Waals surface area (Å²) in [7, 11) is 0.776. The van der Waals surface area contributed by atoms with E-state index in [-0.39, 0.29) is 16.6 Å². The van der Waals surface area contributed by atoms with E-state index in [2.05, 4.69) is 54.6 Å². The molecule has 3 heteroatoms. The standard InChI is InChI=1S/C12H29Si3/c1-9(2)11(5)14(7)13-15(8)12(6)10(3)4/h9-13H,1-8H3. The molecule has 0 aromatic heterocycles. The molecule has 89 valence electrons. The highest BCUT2D eigenvalue weighted by atomic mass is 29.6. The Hall–Kier alpha value is 0.651. The fourth-order valence-electron chi connectivity index (χ4n) is 1.67. The lowest BCUT2D eigenvalue weighted by Gasteiger charge is -2.28. The molecule has 0 heterocycles. The van der Waals surface area contributed by atoms with Crippen molar-refractivity contribution in [2.24, 2.45) is 11.8 Å². The van der Waals surface area contributed by atoms with Gasteiger partial charge in [-0.15, -0.1) is 0 Å². The molecule has 0 saturated carbocycles. The van der Waals surface area contributed by atoms with Crippen LogP contribution in [-0.2, 0) is 0 Å². The molecular weight excluding hydrogens is 228 g/mol. The maximum absolute atomic E-state index is 2.59. The number of rotatable bonds is 6. The first-order chi connectivity index (χ1) is 6.77. The van der Waals surface area contributed by atoms with Gasteiger partial charge < -0.3 is 0 Å². The largest absolute Gasteiger partial charge is 0.0736 e. The lowest BCUT2D eigenvalue weighted by atomic mass is 10.1. The van der Waals surface area contributed by atoms with Crippen LogP contribution in [0.2, 0.25) is 24.2 Å². The zero-order valence-corrected chi connectivity index (χ0v) is 15.0. The van der Waals surface area contributed by atoms with Gasteiger partial charge in [-0.3, -0.25) is 0 Å². The third kappa shape index (κ3) is 5.50. The van der Waals surface area contributed by atoms with Crippen molar-refractivity contribution in [3.8, 4) is 0 Å². The van der Waals surface area contributed by atoms with E-state index in [0.29, 0.717) is 0 Å². The Morgan fingerprint density at radius 1 is 0.667 bits per heavy atom. The highest BCUT2D eigenvalue weighted by Gasteiger charge is 2.24. The summed E-state index contributed by atoms with van der Waals surface area (Å²) < 4.78 is 0. The van der Waals surface area contributed by atoms with Gasteiger partial charge >= 0.3 is 0 Å². The molecule has 0 aliphatic heterocycles. The third-order valence-corrected chi connectivity index (χ3v) is 23.1. The Morgan fingerprint density at radius 2 is 0.933 bits per heavy atom. The van der Waals surface area contributed by atoms with Crippen molar-refractivity contribution in [2.45, 2.75) is 65.7 Å². The monoisotopic (exact) mass is 257 g/mol. The van der Waals surface area contributed by atoms with E-state index in [1.165, 1.54) is 0 Å². The normalized spacial score (nSPS) is 16.8. The number of hydrogen-bond donors (Lipinski definition) is 0. The minimum atomic E-state index is -0.0150. The van der Waals surface area contributed by atoms with E-state index >= 15 is 0 Å². The molecule has 0 aromatic carbocycles. The molecule has 2 atom stereocenters. The van der Waals surface area contributed by atoms with Crippen molar-refractivity contribution in [1.82, 2.24) is 0 Å². The van der Waals surface area contributed by atoms with Crippen LogP contribution in [0.25, 0.3) is 0 Å². The second kappa shape index (κ2) is 7.07. The molecule has 0 saturated heterocycles.